The molecule has 0 saturated heterocycles. The Hall–Kier alpha value is -1.86. The molecular formula is C19H22F2N2OS2. The average molecular weight is 397 g/mol. The molecule has 0 heterocycles. The Morgan fingerprint density at radius 3 is 2.15 bits per heavy atom. The summed E-state index contributed by atoms with van der Waals surface area (Å²) in [7, 11) is 1.64. The van der Waals surface area contributed by atoms with E-state index in [4.69, 9.17) is 17.0 Å². The maximum Gasteiger partial charge on any atom is 0.288 e. The summed E-state index contributed by atoms with van der Waals surface area (Å²) in [5.74, 6) is -1.31. The molecule has 0 aliphatic rings. The first-order valence-corrected chi connectivity index (χ1v) is 9.44. The molecule has 0 radical (unpaired) electrons. The van der Waals surface area contributed by atoms with E-state index in [1.54, 1.807) is 31.4 Å². The largest absolute Gasteiger partial charge is 0.497 e. The van der Waals surface area contributed by atoms with E-state index in [2.05, 4.69) is 24.5 Å². The number of alkyl halides is 2. The Morgan fingerprint density at radius 1 is 1.04 bits per heavy atom. The summed E-state index contributed by atoms with van der Waals surface area (Å²) in [6.07, 6.45) is 0. The van der Waals surface area contributed by atoms with Crippen molar-refractivity contribution < 1.29 is 13.5 Å². The fourth-order valence-corrected chi connectivity index (χ4v) is 3.22. The molecule has 0 unspecified atom stereocenters. The van der Waals surface area contributed by atoms with Crippen molar-refractivity contribution in [3.8, 4) is 5.75 Å². The lowest BCUT2D eigenvalue weighted by Crippen LogP contribution is -2.34. The van der Waals surface area contributed by atoms with Crippen molar-refractivity contribution in [1.82, 2.24) is 5.32 Å². The molecule has 0 aliphatic heterocycles. The predicted octanol–water partition coefficient (Wildman–Crippen LogP) is 5.69. The van der Waals surface area contributed by atoms with Crippen molar-refractivity contribution in [2.24, 2.45) is 5.92 Å². The van der Waals surface area contributed by atoms with Crippen molar-refractivity contribution in [3.63, 3.8) is 0 Å². The van der Waals surface area contributed by atoms with Crippen LogP contribution in [0.2, 0.25) is 0 Å². The van der Waals surface area contributed by atoms with Crippen LogP contribution in [0.3, 0.4) is 0 Å². The van der Waals surface area contributed by atoms with Gasteiger partial charge in [-0.25, -0.2) is 0 Å². The van der Waals surface area contributed by atoms with Gasteiger partial charge in [0, 0.05) is 10.6 Å². The summed E-state index contributed by atoms with van der Waals surface area (Å²) < 4.78 is 29.9. The molecule has 2 N–H and O–H groups in total. The van der Waals surface area contributed by atoms with E-state index >= 15 is 0 Å². The number of benzene rings is 2. The number of thioether (sulfide) groups is 1. The van der Waals surface area contributed by atoms with Gasteiger partial charge < -0.3 is 15.4 Å². The summed E-state index contributed by atoms with van der Waals surface area (Å²) in [6.45, 7) is 4.22. The van der Waals surface area contributed by atoms with Gasteiger partial charge in [0.1, 0.15) is 5.75 Å². The van der Waals surface area contributed by atoms with Gasteiger partial charge in [0.25, 0.3) is 5.76 Å². The van der Waals surface area contributed by atoms with Crippen LogP contribution >= 0.6 is 24.0 Å². The van der Waals surface area contributed by atoms with E-state index in [0.29, 0.717) is 27.7 Å². The second-order valence-corrected chi connectivity index (χ2v) is 7.47. The number of rotatable bonds is 7. The van der Waals surface area contributed by atoms with Crippen LogP contribution < -0.4 is 15.4 Å². The Morgan fingerprint density at radius 2 is 1.65 bits per heavy atom. The maximum atomic E-state index is 12.4. The van der Waals surface area contributed by atoms with Gasteiger partial charge in [-0.05, 0) is 60.1 Å². The van der Waals surface area contributed by atoms with Crippen molar-refractivity contribution in [2.45, 2.75) is 30.5 Å². The summed E-state index contributed by atoms with van der Waals surface area (Å²) in [5.41, 5.74) is 1.85. The number of anilines is 1. The highest BCUT2D eigenvalue weighted by Gasteiger charge is 2.17. The zero-order chi connectivity index (χ0) is 19.1. The smallest absolute Gasteiger partial charge is 0.288 e. The van der Waals surface area contributed by atoms with Crippen molar-refractivity contribution >= 4 is 34.8 Å². The molecule has 7 heteroatoms. The lowest BCUT2D eigenvalue weighted by Gasteiger charge is -2.25. The summed E-state index contributed by atoms with van der Waals surface area (Å²) in [4.78, 5) is 0.516. The van der Waals surface area contributed by atoms with E-state index in [-0.39, 0.29) is 6.04 Å². The van der Waals surface area contributed by atoms with Crippen LogP contribution in [0.5, 0.6) is 5.75 Å². The van der Waals surface area contributed by atoms with Gasteiger partial charge in [-0.15, -0.1) is 0 Å². The van der Waals surface area contributed by atoms with E-state index in [9.17, 15) is 8.78 Å². The quantitative estimate of drug-likeness (QED) is 0.464. The number of hydrogen-bond acceptors (Lipinski definition) is 3. The van der Waals surface area contributed by atoms with Crippen molar-refractivity contribution in [3.05, 3.63) is 54.1 Å². The van der Waals surface area contributed by atoms with Crippen LogP contribution in [0.25, 0.3) is 0 Å². The topological polar surface area (TPSA) is 33.3 Å². The van der Waals surface area contributed by atoms with Crippen LogP contribution in [-0.2, 0) is 0 Å². The molecule has 2 rings (SSSR count). The molecule has 26 heavy (non-hydrogen) atoms. The van der Waals surface area contributed by atoms with Crippen molar-refractivity contribution in [2.75, 3.05) is 12.4 Å². The first-order chi connectivity index (χ1) is 12.4. The number of methoxy groups -OCH3 is 1. The number of halogens is 2. The van der Waals surface area contributed by atoms with Crippen LogP contribution in [-0.4, -0.2) is 18.0 Å². The fraction of sp³-hybridized carbons (Fsp3) is 0.316. The molecule has 0 aliphatic carbocycles. The number of hydrogen-bond donors (Lipinski definition) is 2. The predicted molar refractivity (Wildman–Crippen MR) is 108 cm³/mol. The molecular weight excluding hydrogens is 374 g/mol. The zero-order valence-corrected chi connectivity index (χ0v) is 16.5. The third-order valence-corrected chi connectivity index (χ3v) is 4.71. The summed E-state index contributed by atoms with van der Waals surface area (Å²) in [5, 5.41) is 6.90. The monoisotopic (exact) mass is 396 g/mol. The molecule has 140 valence electrons. The Bertz CT molecular complexity index is 706. The molecule has 3 nitrogen and oxygen atoms in total. The Labute approximate surface area is 162 Å². The van der Waals surface area contributed by atoms with Crippen LogP contribution in [0.15, 0.2) is 53.4 Å². The number of ether oxygens (including phenoxy) is 1. The molecule has 2 aromatic carbocycles. The first-order valence-electron chi connectivity index (χ1n) is 8.15. The van der Waals surface area contributed by atoms with Gasteiger partial charge >= 0.3 is 0 Å². The van der Waals surface area contributed by atoms with Crippen molar-refractivity contribution in [1.29, 1.82) is 0 Å². The lowest BCUT2D eigenvalue weighted by molar-refractivity contribution is 0.252. The van der Waals surface area contributed by atoms with Crippen LogP contribution in [0, 0.1) is 5.92 Å². The van der Waals surface area contributed by atoms with Crippen LogP contribution in [0.1, 0.15) is 25.5 Å². The van der Waals surface area contributed by atoms with Gasteiger partial charge in [0.05, 0.1) is 13.2 Å². The van der Waals surface area contributed by atoms with E-state index in [1.165, 1.54) is 0 Å². The SMILES string of the molecule is COc1ccc([C@H](NC(=S)Nc2ccc(SC(F)F)cc2)C(C)C)cc1. The van der Waals surface area contributed by atoms with Crippen LogP contribution in [0.4, 0.5) is 14.5 Å². The van der Waals surface area contributed by atoms with Gasteiger partial charge in [0.2, 0.25) is 0 Å². The highest BCUT2D eigenvalue weighted by Crippen LogP contribution is 2.27. The van der Waals surface area contributed by atoms with Gasteiger partial charge in [0.15, 0.2) is 5.11 Å². The third kappa shape index (κ3) is 6.14. The standard InChI is InChI=1S/C19H22F2N2OS2/c1-12(2)17(13-4-8-15(24-3)9-5-13)23-19(25)22-14-6-10-16(11-7-14)26-18(20)21/h4-12,17-18H,1-3H3,(H2,22,23,25)/t17-/m1/s1. The minimum Gasteiger partial charge on any atom is -0.497 e. The Balaban J connectivity index is 2.00. The minimum absolute atomic E-state index is 0.0366. The van der Waals surface area contributed by atoms with Gasteiger partial charge in [-0.3, -0.25) is 0 Å². The second kappa shape index (κ2) is 9.73. The van der Waals surface area contributed by atoms with E-state index < -0.39 is 5.76 Å². The highest BCUT2D eigenvalue weighted by atomic mass is 32.2. The van der Waals surface area contributed by atoms with E-state index in [0.717, 1.165) is 17.0 Å². The molecule has 0 spiro atoms. The summed E-state index contributed by atoms with van der Waals surface area (Å²) in [6, 6.07) is 14.6. The normalized spacial score (nSPS) is 12.1. The number of thiocarbonyl (C=S) groups is 1. The Kier molecular flexibility index (Phi) is 7.66. The number of nitrogens with one attached hydrogen (secondary N) is 2. The molecule has 0 amide bonds. The molecule has 0 aromatic heterocycles. The molecule has 0 saturated carbocycles. The third-order valence-electron chi connectivity index (χ3n) is 3.77. The second-order valence-electron chi connectivity index (χ2n) is 6.00. The highest BCUT2D eigenvalue weighted by molar-refractivity contribution is 7.99. The minimum atomic E-state index is -2.42. The van der Waals surface area contributed by atoms with Gasteiger partial charge in [-0.1, -0.05) is 37.7 Å². The summed E-state index contributed by atoms with van der Waals surface area (Å²) >= 11 is 5.93. The lowest BCUT2D eigenvalue weighted by atomic mass is 9.96. The maximum absolute atomic E-state index is 12.4. The molecule has 0 bridgehead atoms. The first kappa shape index (κ1) is 20.5. The average Bonchev–Trinajstić information content (AvgIpc) is 2.61. The molecule has 1 atom stereocenters. The van der Waals surface area contributed by atoms with E-state index in [1.807, 2.05) is 24.3 Å². The van der Waals surface area contributed by atoms with Gasteiger partial charge in [-0.2, -0.15) is 8.78 Å². The fourth-order valence-electron chi connectivity index (χ4n) is 2.47. The molecule has 0 fully saturated rings. The zero-order valence-electron chi connectivity index (χ0n) is 14.8. The molecule has 2 aromatic rings.